The summed E-state index contributed by atoms with van der Waals surface area (Å²) in [6.45, 7) is 8.17. The van der Waals surface area contributed by atoms with Crippen LogP contribution in [0, 0.1) is 5.92 Å². The summed E-state index contributed by atoms with van der Waals surface area (Å²) < 4.78 is 5.13. The van der Waals surface area contributed by atoms with Crippen molar-refractivity contribution in [2.24, 2.45) is 5.92 Å². The molecule has 0 saturated heterocycles. The summed E-state index contributed by atoms with van der Waals surface area (Å²) in [7, 11) is 1.68. The van der Waals surface area contributed by atoms with E-state index in [4.69, 9.17) is 4.74 Å². The molecule has 0 spiro atoms. The highest BCUT2D eigenvalue weighted by atomic mass is 16.5. The SMILES string of the molecule is COCCN(CCO)c1ncccc1CNCC(C)C. The van der Waals surface area contributed by atoms with Crippen LogP contribution in [0.2, 0.25) is 0 Å². The highest BCUT2D eigenvalue weighted by Gasteiger charge is 2.11. The summed E-state index contributed by atoms with van der Waals surface area (Å²) in [4.78, 5) is 6.53. The van der Waals surface area contributed by atoms with Crippen molar-refractivity contribution in [2.75, 3.05) is 44.9 Å². The Morgan fingerprint density at radius 1 is 1.40 bits per heavy atom. The molecular weight excluding hydrogens is 254 g/mol. The van der Waals surface area contributed by atoms with Gasteiger partial charge in [-0.05, 0) is 18.5 Å². The fraction of sp³-hybridized carbons (Fsp3) is 0.667. The van der Waals surface area contributed by atoms with E-state index >= 15 is 0 Å². The summed E-state index contributed by atoms with van der Waals surface area (Å²) in [5, 5.41) is 12.6. The molecule has 0 aliphatic heterocycles. The lowest BCUT2D eigenvalue weighted by atomic mass is 10.2. The van der Waals surface area contributed by atoms with E-state index in [1.807, 2.05) is 6.07 Å². The van der Waals surface area contributed by atoms with Crippen molar-refractivity contribution in [3.05, 3.63) is 23.9 Å². The number of hydrogen-bond donors (Lipinski definition) is 2. The molecule has 1 aromatic heterocycles. The topological polar surface area (TPSA) is 57.6 Å². The number of hydrogen-bond acceptors (Lipinski definition) is 5. The van der Waals surface area contributed by atoms with Gasteiger partial charge in [0.2, 0.25) is 0 Å². The molecule has 0 unspecified atom stereocenters. The van der Waals surface area contributed by atoms with Crippen molar-refractivity contribution in [2.45, 2.75) is 20.4 Å². The van der Waals surface area contributed by atoms with Crippen LogP contribution in [0.25, 0.3) is 0 Å². The third kappa shape index (κ3) is 5.86. The van der Waals surface area contributed by atoms with Crippen molar-refractivity contribution >= 4 is 5.82 Å². The second-order valence-electron chi connectivity index (χ2n) is 5.21. The van der Waals surface area contributed by atoms with Crippen molar-refractivity contribution in [1.82, 2.24) is 10.3 Å². The minimum atomic E-state index is 0.110. The van der Waals surface area contributed by atoms with Crippen molar-refractivity contribution in [3.63, 3.8) is 0 Å². The summed E-state index contributed by atoms with van der Waals surface area (Å²) >= 11 is 0. The second-order valence-corrected chi connectivity index (χ2v) is 5.21. The van der Waals surface area contributed by atoms with Crippen LogP contribution < -0.4 is 10.2 Å². The number of methoxy groups -OCH3 is 1. The molecule has 0 radical (unpaired) electrons. The average molecular weight is 281 g/mol. The van der Waals surface area contributed by atoms with Crippen LogP contribution in [0.1, 0.15) is 19.4 Å². The van der Waals surface area contributed by atoms with Crippen LogP contribution in [0.15, 0.2) is 18.3 Å². The number of aliphatic hydroxyl groups excluding tert-OH is 1. The fourth-order valence-electron chi connectivity index (χ4n) is 1.99. The Morgan fingerprint density at radius 3 is 2.85 bits per heavy atom. The summed E-state index contributed by atoms with van der Waals surface area (Å²) in [6, 6.07) is 4.02. The van der Waals surface area contributed by atoms with Gasteiger partial charge < -0.3 is 20.1 Å². The maximum atomic E-state index is 9.21. The molecule has 0 aliphatic rings. The van der Waals surface area contributed by atoms with E-state index in [9.17, 15) is 5.11 Å². The first-order valence-corrected chi connectivity index (χ1v) is 7.18. The van der Waals surface area contributed by atoms with Gasteiger partial charge in [-0.2, -0.15) is 0 Å². The van der Waals surface area contributed by atoms with Gasteiger partial charge in [0.15, 0.2) is 0 Å². The number of aliphatic hydroxyl groups is 1. The first-order chi connectivity index (χ1) is 9.69. The number of pyridine rings is 1. The molecule has 5 heteroatoms. The minimum Gasteiger partial charge on any atom is -0.395 e. The number of anilines is 1. The normalized spacial score (nSPS) is 11.1. The maximum absolute atomic E-state index is 9.21. The molecule has 114 valence electrons. The quantitative estimate of drug-likeness (QED) is 0.676. The largest absolute Gasteiger partial charge is 0.395 e. The first kappa shape index (κ1) is 16.9. The number of nitrogens with zero attached hydrogens (tertiary/aromatic N) is 2. The zero-order valence-corrected chi connectivity index (χ0v) is 12.8. The number of nitrogens with one attached hydrogen (secondary N) is 1. The molecule has 1 rings (SSSR count). The maximum Gasteiger partial charge on any atom is 0.133 e. The molecule has 5 nitrogen and oxygen atoms in total. The zero-order chi connectivity index (χ0) is 14.8. The van der Waals surface area contributed by atoms with Crippen LogP contribution in [0.4, 0.5) is 5.82 Å². The van der Waals surface area contributed by atoms with E-state index in [0.29, 0.717) is 19.1 Å². The molecule has 0 aromatic carbocycles. The van der Waals surface area contributed by atoms with E-state index in [1.165, 1.54) is 0 Å². The monoisotopic (exact) mass is 281 g/mol. The van der Waals surface area contributed by atoms with Gasteiger partial charge in [0.05, 0.1) is 13.2 Å². The first-order valence-electron chi connectivity index (χ1n) is 7.18. The van der Waals surface area contributed by atoms with E-state index in [1.54, 1.807) is 13.3 Å². The molecule has 1 heterocycles. The lowest BCUT2D eigenvalue weighted by Crippen LogP contribution is -2.32. The van der Waals surface area contributed by atoms with Gasteiger partial charge in [-0.1, -0.05) is 19.9 Å². The number of ether oxygens (including phenoxy) is 1. The van der Waals surface area contributed by atoms with Gasteiger partial charge >= 0.3 is 0 Å². The lowest BCUT2D eigenvalue weighted by molar-refractivity contribution is 0.202. The van der Waals surface area contributed by atoms with Crippen molar-refractivity contribution in [3.8, 4) is 0 Å². The van der Waals surface area contributed by atoms with Crippen LogP contribution >= 0.6 is 0 Å². The molecule has 20 heavy (non-hydrogen) atoms. The summed E-state index contributed by atoms with van der Waals surface area (Å²) in [5.41, 5.74) is 1.15. The Morgan fingerprint density at radius 2 is 2.20 bits per heavy atom. The van der Waals surface area contributed by atoms with Gasteiger partial charge in [0, 0.05) is 38.5 Å². The Balaban J connectivity index is 2.74. The average Bonchev–Trinajstić information content (AvgIpc) is 2.44. The molecule has 0 atom stereocenters. The highest BCUT2D eigenvalue weighted by Crippen LogP contribution is 2.16. The third-order valence-electron chi connectivity index (χ3n) is 2.97. The van der Waals surface area contributed by atoms with Crippen LogP contribution in [-0.4, -0.2) is 50.0 Å². The van der Waals surface area contributed by atoms with E-state index < -0.39 is 0 Å². The lowest BCUT2D eigenvalue weighted by Gasteiger charge is -2.25. The van der Waals surface area contributed by atoms with Gasteiger partial charge in [-0.15, -0.1) is 0 Å². The van der Waals surface area contributed by atoms with Crippen molar-refractivity contribution in [1.29, 1.82) is 0 Å². The fourth-order valence-corrected chi connectivity index (χ4v) is 1.99. The Hall–Kier alpha value is -1.17. The van der Waals surface area contributed by atoms with Gasteiger partial charge in [0.1, 0.15) is 5.82 Å². The predicted octanol–water partition coefficient (Wildman–Crippen LogP) is 1.27. The Bertz CT molecular complexity index is 372. The molecular formula is C15H27N3O2. The molecule has 0 saturated carbocycles. The van der Waals surface area contributed by atoms with Crippen LogP contribution in [0.5, 0.6) is 0 Å². The molecule has 1 aromatic rings. The van der Waals surface area contributed by atoms with E-state index in [-0.39, 0.29) is 6.61 Å². The molecule has 0 amide bonds. The zero-order valence-electron chi connectivity index (χ0n) is 12.8. The smallest absolute Gasteiger partial charge is 0.133 e. The Kier molecular flexibility index (Phi) is 8.18. The minimum absolute atomic E-state index is 0.110. The second kappa shape index (κ2) is 9.69. The summed E-state index contributed by atoms with van der Waals surface area (Å²) in [6.07, 6.45) is 1.79. The van der Waals surface area contributed by atoms with Crippen molar-refractivity contribution < 1.29 is 9.84 Å². The van der Waals surface area contributed by atoms with E-state index in [0.717, 1.165) is 31.0 Å². The van der Waals surface area contributed by atoms with E-state index in [2.05, 4.69) is 35.1 Å². The van der Waals surface area contributed by atoms with Crippen LogP contribution in [-0.2, 0) is 11.3 Å². The van der Waals surface area contributed by atoms with Crippen LogP contribution in [0.3, 0.4) is 0 Å². The third-order valence-corrected chi connectivity index (χ3v) is 2.97. The molecule has 0 fully saturated rings. The van der Waals surface area contributed by atoms with Gasteiger partial charge in [-0.25, -0.2) is 4.98 Å². The number of rotatable bonds is 10. The standard InChI is InChI=1S/C15H27N3O2/c1-13(2)11-16-12-14-5-4-6-17-15(14)18(7-9-19)8-10-20-3/h4-6,13,16,19H,7-12H2,1-3H3. The summed E-state index contributed by atoms with van der Waals surface area (Å²) in [5.74, 6) is 1.55. The highest BCUT2D eigenvalue weighted by molar-refractivity contribution is 5.46. The number of aromatic nitrogens is 1. The molecule has 0 aliphatic carbocycles. The van der Waals surface area contributed by atoms with Gasteiger partial charge in [0.25, 0.3) is 0 Å². The molecule has 0 bridgehead atoms. The predicted molar refractivity (Wildman–Crippen MR) is 82.0 cm³/mol. The molecule has 2 N–H and O–H groups in total. The Labute approximate surface area is 122 Å². The van der Waals surface area contributed by atoms with Gasteiger partial charge in [-0.3, -0.25) is 0 Å².